The van der Waals surface area contributed by atoms with E-state index < -0.39 is 0 Å². The molecule has 96 valence electrons. The first-order chi connectivity index (χ1) is 9.31. The van der Waals surface area contributed by atoms with Crippen LogP contribution in [0.5, 0.6) is 0 Å². The fourth-order valence-electron chi connectivity index (χ4n) is 1.57. The molecular weight excluding hydrogens is 268 g/mol. The summed E-state index contributed by atoms with van der Waals surface area (Å²) >= 11 is 3.71. The summed E-state index contributed by atoms with van der Waals surface area (Å²) in [7, 11) is 0. The minimum atomic E-state index is 1.01. The van der Waals surface area contributed by atoms with Crippen LogP contribution < -0.4 is 0 Å². The van der Waals surface area contributed by atoms with Crippen LogP contribution in [0.1, 0.15) is 11.1 Å². The van der Waals surface area contributed by atoms with E-state index in [0.717, 1.165) is 16.2 Å². The number of benzene rings is 2. The van der Waals surface area contributed by atoms with Crippen LogP contribution in [-0.2, 0) is 0 Å². The first kappa shape index (κ1) is 14.0. The Morgan fingerprint density at radius 2 is 1.05 bits per heavy atom. The van der Waals surface area contributed by atoms with Crippen LogP contribution in [0.4, 0.5) is 0 Å². The predicted octanol–water partition coefficient (Wildman–Crippen LogP) is 5.81. The first-order valence-electron chi connectivity index (χ1n) is 6.02. The molecule has 0 aliphatic rings. The summed E-state index contributed by atoms with van der Waals surface area (Å²) in [5.74, 6) is 0. The van der Waals surface area contributed by atoms with E-state index in [1.54, 1.807) is 0 Å². The Hall–Kier alpha value is -1.38. The van der Waals surface area contributed by atoms with Gasteiger partial charge in [0.2, 0.25) is 0 Å². The lowest BCUT2D eigenvalue weighted by atomic mass is 10.2. The molecule has 0 saturated carbocycles. The molecule has 0 fully saturated rings. The van der Waals surface area contributed by atoms with Crippen molar-refractivity contribution in [2.45, 2.75) is 9.79 Å². The van der Waals surface area contributed by atoms with Crippen molar-refractivity contribution in [1.29, 1.82) is 0 Å². The second-order valence-corrected chi connectivity index (χ2v) is 6.42. The molecule has 0 unspecified atom stereocenters. The Balaban J connectivity index is 1.84. The minimum absolute atomic E-state index is 1.01. The normalized spacial score (nSPS) is 10.1. The second kappa shape index (κ2) is 7.27. The molecule has 0 N–H and O–H groups in total. The highest BCUT2D eigenvalue weighted by Crippen LogP contribution is 2.28. The zero-order valence-corrected chi connectivity index (χ0v) is 12.3. The van der Waals surface area contributed by atoms with E-state index in [9.17, 15) is 0 Å². The summed E-state index contributed by atoms with van der Waals surface area (Å²) in [5, 5.41) is 1.01. The standard InChI is InChI=1S/C17H16S2/c1-3-14-5-9-16(10-6-14)18-13-19-17-11-7-15(4-2)8-12-17/h3-12H,1-2,13H2. The van der Waals surface area contributed by atoms with Gasteiger partial charge in [-0.3, -0.25) is 0 Å². The van der Waals surface area contributed by atoms with Gasteiger partial charge in [0.25, 0.3) is 0 Å². The third-order valence-corrected chi connectivity index (χ3v) is 4.84. The van der Waals surface area contributed by atoms with Gasteiger partial charge in [0, 0.05) is 14.9 Å². The Kier molecular flexibility index (Phi) is 5.37. The Bertz CT molecular complexity index is 487. The maximum Gasteiger partial charge on any atom is 0.0486 e. The van der Waals surface area contributed by atoms with Gasteiger partial charge in [0.15, 0.2) is 0 Å². The van der Waals surface area contributed by atoms with E-state index in [1.165, 1.54) is 9.79 Å². The van der Waals surface area contributed by atoms with Crippen LogP contribution in [-0.4, -0.2) is 5.08 Å². The summed E-state index contributed by atoms with van der Waals surface area (Å²) in [6.45, 7) is 7.52. The molecule has 0 atom stereocenters. The van der Waals surface area contributed by atoms with Gasteiger partial charge in [0.1, 0.15) is 0 Å². The third-order valence-electron chi connectivity index (χ3n) is 2.68. The fraction of sp³-hybridized carbons (Fsp3) is 0.0588. The highest BCUT2D eigenvalue weighted by molar-refractivity contribution is 8.16. The van der Waals surface area contributed by atoms with Gasteiger partial charge < -0.3 is 0 Å². The van der Waals surface area contributed by atoms with Crippen molar-refractivity contribution < 1.29 is 0 Å². The first-order valence-corrected chi connectivity index (χ1v) is 7.99. The Labute approximate surface area is 123 Å². The van der Waals surface area contributed by atoms with Crippen molar-refractivity contribution in [1.82, 2.24) is 0 Å². The average Bonchev–Trinajstić information content (AvgIpc) is 2.49. The van der Waals surface area contributed by atoms with Crippen molar-refractivity contribution in [3.63, 3.8) is 0 Å². The van der Waals surface area contributed by atoms with Crippen molar-refractivity contribution in [2.75, 3.05) is 5.08 Å². The van der Waals surface area contributed by atoms with E-state index in [1.807, 2.05) is 35.7 Å². The Morgan fingerprint density at radius 1 is 0.684 bits per heavy atom. The third kappa shape index (κ3) is 4.34. The van der Waals surface area contributed by atoms with E-state index in [4.69, 9.17) is 0 Å². The highest BCUT2D eigenvalue weighted by atomic mass is 32.2. The summed E-state index contributed by atoms with van der Waals surface area (Å²) < 4.78 is 0. The fourth-order valence-corrected chi connectivity index (χ4v) is 3.55. The molecule has 0 saturated heterocycles. The van der Waals surface area contributed by atoms with E-state index >= 15 is 0 Å². The van der Waals surface area contributed by atoms with E-state index in [-0.39, 0.29) is 0 Å². The molecule has 0 heterocycles. The highest BCUT2D eigenvalue weighted by Gasteiger charge is 1.97. The molecule has 0 nitrogen and oxygen atoms in total. The van der Waals surface area contributed by atoms with Gasteiger partial charge >= 0.3 is 0 Å². The minimum Gasteiger partial charge on any atom is -0.115 e. The summed E-state index contributed by atoms with van der Waals surface area (Å²) in [4.78, 5) is 2.58. The number of hydrogen-bond acceptors (Lipinski definition) is 2. The van der Waals surface area contributed by atoms with Crippen LogP contribution in [0.25, 0.3) is 12.2 Å². The molecule has 19 heavy (non-hydrogen) atoms. The van der Waals surface area contributed by atoms with Crippen LogP contribution >= 0.6 is 23.5 Å². The van der Waals surface area contributed by atoms with Crippen molar-refractivity contribution in [3.8, 4) is 0 Å². The molecule has 0 bridgehead atoms. The lowest BCUT2D eigenvalue weighted by molar-refractivity contribution is 1.44. The van der Waals surface area contributed by atoms with Crippen LogP contribution in [0.3, 0.4) is 0 Å². The maximum absolute atomic E-state index is 3.76. The zero-order chi connectivity index (χ0) is 13.5. The molecule has 2 heteroatoms. The van der Waals surface area contributed by atoms with Crippen molar-refractivity contribution in [3.05, 3.63) is 72.8 Å². The Morgan fingerprint density at radius 3 is 1.37 bits per heavy atom. The summed E-state index contributed by atoms with van der Waals surface area (Å²) in [6, 6.07) is 17.0. The van der Waals surface area contributed by atoms with Gasteiger partial charge in [0.05, 0.1) is 0 Å². The van der Waals surface area contributed by atoms with Gasteiger partial charge in [-0.2, -0.15) is 0 Å². The lowest BCUT2D eigenvalue weighted by Gasteiger charge is -2.03. The van der Waals surface area contributed by atoms with Gasteiger partial charge in [-0.15, -0.1) is 23.5 Å². The average molecular weight is 284 g/mol. The molecule has 0 aromatic heterocycles. The SMILES string of the molecule is C=Cc1ccc(SCSc2ccc(C=C)cc2)cc1. The molecule has 0 aliphatic heterocycles. The number of rotatable bonds is 6. The molecule has 0 aliphatic carbocycles. The van der Waals surface area contributed by atoms with Crippen molar-refractivity contribution in [2.24, 2.45) is 0 Å². The van der Waals surface area contributed by atoms with E-state index in [2.05, 4.69) is 61.7 Å². The molecule has 0 amide bonds. The number of thioether (sulfide) groups is 2. The molecular formula is C17H16S2. The molecule has 0 radical (unpaired) electrons. The van der Waals surface area contributed by atoms with Gasteiger partial charge in [-0.05, 0) is 35.4 Å². The quantitative estimate of drug-likeness (QED) is 0.484. The summed E-state index contributed by atoms with van der Waals surface area (Å²) in [6.07, 6.45) is 3.73. The van der Waals surface area contributed by atoms with Crippen LogP contribution in [0.15, 0.2) is 71.5 Å². The molecule has 2 rings (SSSR count). The number of hydrogen-bond donors (Lipinski definition) is 0. The maximum atomic E-state index is 3.76. The van der Waals surface area contributed by atoms with Gasteiger partial charge in [-0.25, -0.2) is 0 Å². The smallest absolute Gasteiger partial charge is 0.0486 e. The second-order valence-electron chi connectivity index (χ2n) is 3.95. The monoisotopic (exact) mass is 284 g/mol. The van der Waals surface area contributed by atoms with Crippen molar-refractivity contribution >= 4 is 35.7 Å². The van der Waals surface area contributed by atoms with Crippen LogP contribution in [0.2, 0.25) is 0 Å². The topological polar surface area (TPSA) is 0 Å². The molecule has 2 aromatic rings. The predicted molar refractivity (Wildman–Crippen MR) is 89.6 cm³/mol. The lowest BCUT2D eigenvalue weighted by Crippen LogP contribution is -1.77. The largest absolute Gasteiger partial charge is 0.115 e. The zero-order valence-electron chi connectivity index (χ0n) is 10.7. The molecule has 2 aromatic carbocycles. The molecule has 0 spiro atoms. The van der Waals surface area contributed by atoms with Gasteiger partial charge in [-0.1, -0.05) is 49.6 Å². The summed E-state index contributed by atoms with van der Waals surface area (Å²) in [5.41, 5.74) is 2.33. The van der Waals surface area contributed by atoms with Crippen LogP contribution in [0, 0.1) is 0 Å². The van der Waals surface area contributed by atoms with E-state index in [0.29, 0.717) is 0 Å².